The molecule has 3 atom stereocenters. The van der Waals surface area contributed by atoms with Crippen LogP contribution in [0.1, 0.15) is 53.4 Å². The van der Waals surface area contributed by atoms with E-state index in [0.717, 1.165) is 17.9 Å². The highest BCUT2D eigenvalue weighted by Gasteiger charge is 2.22. The predicted octanol–water partition coefficient (Wildman–Crippen LogP) is 3.20. The first-order valence-electron chi connectivity index (χ1n) is 5.87. The molecule has 13 heavy (non-hydrogen) atoms. The second kappa shape index (κ2) is 4.99. The van der Waals surface area contributed by atoms with Crippen LogP contribution in [0.25, 0.3) is 0 Å². The fraction of sp³-hybridized carbons (Fsp3) is 1.00. The molecular formula is C12H25N. The lowest BCUT2D eigenvalue weighted by Gasteiger charge is -2.33. The maximum absolute atomic E-state index is 3.77. The molecule has 0 bridgehead atoms. The third kappa shape index (κ3) is 3.30. The van der Waals surface area contributed by atoms with Crippen molar-refractivity contribution in [3.05, 3.63) is 0 Å². The van der Waals surface area contributed by atoms with Gasteiger partial charge in [-0.1, -0.05) is 33.6 Å². The van der Waals surface area contributed by atoms with E-state index in [0.29, 0.717) is 6.04 Å². The van der Waals surface area contributed by atoms with Crippen molar-refractivity contribution in [3.63, 3.8) is 0 Å². The van der Waals surface area contributed by atoms with Gasteiger partial charge in [0.15, 0.2) is 0 Å². The van der Waals surface area contributed by atoms with E-state index < -0.39 is 0 Å². The summed E-state index contributed by atoms with van der Waals surface area (Å²) in [6.07, 6.45) is 5.67. The third-order valence-electron chi connectivity index (χ3n) is 3.59. The molecule has 0 spiro atoms. The summed E-state index contributed by atoms with van der Waals surface area (Å²) >= 11 is 0. The highest BCUT2D eigenvalue weighted by molar-refractivity contribution is 4.81. The van der Waals surface area contributed by atoms with Gasteiger partial charge in [0.1, 0.15) is 0 Å². The Bertz CT molecular complexity index is 142. The smallest absolute Gasteiger partial charge is 0.00952 e. The van der Waals surface area contributed by atoms with Crippen LogP contribution in [0.5, 0.6) is 0 Å². The zero-order valence-electron chi connectivity index (χ0n) is 9.64. The summed E-state index contributed by atoms with van der Waals surface area (Å²) in [5.74, 6) is 1.64. The fourth-order valence-electron chi connectivity index (χ4n) is 2.09. The molecule has 0 aromatic carbocycles. The minimum absolute atomic E-state index is 0.672. The molecule has 1 rings (SSSR count). The van der Waals surface area contributed by atoms with Gasteiger partial charge < -0.3 is 5.32 Å². The van der Waals surface area contributed by atoms with Crippen LogP contribution < -0.4 is 5.32 Å². The van der Waals surface area contributed by atoms with E-state index in [1.165, 1.54) is 25.7 Å². The molecule has 0 aromatic rings. The van der Waals surface area contributed by atoms with Crippen LogP contribution in [0.2, 0.25) is 0 Å². The second-order valence-electron chi connectivity index (χ2n) is 5.07. The van der Waals surface area contributed by atoms with Crippen molar-refractivity contribution in [1.29, 1.82) is 0 Å². The van der Waals surface area contributed by atoms with Crippen LogP contribution in [-0.2, 0) is 0 Å². The lowest BCUT2D eigenvalue weighted by atomic mass is 9.85. The summed E-state index contributed by atoms with van der Waals surface area (Å²) in [6, 6.07) is 1.46. The van der Waals surface area contributed by atoms with Crippen LogP contribution in [0, 0.1) is 11.8 Å². The van der Waals surface area contributed by atoms with E-state index in [-0.39, 0.29) is 0 Å². The summed E-state index contributed by atoms with van der Waals surface area (Å²) in [6.45, 7) is 9.30. The maximum Gasteiger partial charge on any atom is 0.00952 e. The molecule has 1 heteroatoms. The number of rotatable bonds is 3. The Morgan fingerprint density at radius 2 is 1.69 bits per heavy atom. The molecule has 1 aliphatic rings. The van der Waals surface area contributed by atoms with Crippen molar-refractivity contribution in [2.45, 2.75) is 65.5 Å². The van der Waals surface area contributed by atoms with Crippen LogP contribution in [0.15, 0.2) is 0 Å². The molecule has 0 aliphatic heterocycles. The molecule has 1 aliphatic carbocycles. The van der Waals surface area contributed by atoms with E-state index in [4.69, 9.17) is 0 Å². The minimum Gasteiger partial charge on any atom is -0.311 e. The Labute approximate surface area is 83.3 Å². The average molecular weight is 183 g/mol. The summed E-state index contributed by atoms with van der Waals surface area (Å²) in [7, 11) is 0. The largest absolute Gasteiger partial charge is 0.311 e. The first-order valence-corrected chi connectivity index (χ1v) is 5.87. The van der Waals surface area contributed by atoms with Gasteiger partial charge in [0, 0.05) is 12.1 Å². The van der Waals surface area contributed by atoms with Crippen molar-refractivity contribution < 1.29 is 0 Å². The SMILES string of the molecule is CC(C)[C@H](C)N[C@H]1CCCC[C@@H]1C. The first-order chi connectivity index (χ1) is 6.11. The van der Waals surface area contributed by atoms with Crippen molar-refractivity contribution in [3.8, 4) is 0 Å². The van der Waals surface area contributed by atoms with E-state index in [1.54, 1.807) is 0 Å². The summed E-state index contributed by atoms with van der Waals surface area (Å²) in [4.78, 5) is 0. The Hall–Kier alpha value is -0.0400. The Morgan fingerprint density at radius 1 is 1.08 bits per heavy atom. The van der Waals surface area contributed by atoms with Crippen molar-refractivity contribution in [1.82, 2.24) is 5.32 Å². The highest BCUT2D eigenvalue weighted by atomic mass is 15.0. The van der Waals surface area contributed by atoms with Gasteiger partial charge in [-0.15, -0.1) is 0 Å². The molecular weight excluding hydrogens is 158 g/mol. The second-order valence-corrected chi connectivity index (χ2v) is 5.07. The number of hydrogen-bond acceptors (Lipinski definition) is 1. The molecule has 0 amide bonds. The zero-order chi connectivity index (χ0) is 9.84. The van der Waals surface area contributed by atoms with Gasteiger partial charge in [0.25, 0.3) is 0 Å². The lowest BCUT2D eigenvalue weighted by Crippen LogP contribution is -2.44. The molecule has 1 nitrogen and oxygen atoms in total. The summed E-state index contributed by atoms with van der Waals surface area (Å²) in [5, 5.41) is 3.77. The predicted molar refractivity (Wildman–Crippen MR) is 58.9 cm³/mol. The third-order valence-corrected chi connectivity index (χ3v) is 3.59. The van der Waals surface area contributed by atoms with Gasteiger partial charge in [-0.25, -0.2) is 0 Å². The summed E-state index contributed by atoms with van der Waals surface area (Å²) in [5.41, 5.74) is 0. The topological polar surface area (TPSA) is 12.0 Å². The summed E-state index contributed by atoms with van der Waals surface area (Å²) < 4.78 is 0. The van der Waals surface area contributed by atoms with Crippen LogP contribution in [0.3, 0.4) is 0 Å². The van der Waals surface area contributed by atoms with Gasteiger partial charge in [0.2, 0.25) is 0 Å². The Balaban J connectivity index is 2.33. The highest BCUT2D eigenvalue weighted by Crippen LogP contribution is 2.24. The van der Waals surface area contributed by atoms with E-state index >= 15 is 0 Å². The quantitative estimate of drug-likeness (QED) is 0.708. The van der Waals surface area contributed by atoms with E-state index in [2.05, 4.69) is 33.0 Å². The fourth-order valence-corrected chi connectivity index (χ4v) is 2.09. The molecule has 1 N–H and O–H groups in total. The van der Waals surface area contributed by atoms with Gasteiger partial charge in [-0.05, 0) is 31.6 Å². The molecule has 1 fully saturated rings. The van der Waals surface area contributed by atoms with Crippen molar-refractivity contribution in [2.24, 2.45) is 11.8 Å². The van der Waals surface area contributed by atoms with Gasteiger partial charge in [-0.2, -0.15) is 0 Å². The molecule has 0 radical (unpaired) electrons. The lowest BCUT2D eigenvalue weighted by molar-refractivity contribution is 0.244. The standard InChI is InChI=1S/C12H25N/c1-9(2)11(4)13-12-8-6-5-7-10(12)3/h9-13H,5-8H2,1-4H3/t10-,11-,12-/m0/s1. The maximum atomic E-state index is 3.77. The minimum atomic E-state index is 0.672. The normalized spacial score (nSPS) is 32.1. The zero-order valence-corrected chi connectivity index (χ0v) is 9.64. The Morgan fingerprint density at radius 3 is 2.23 bits per heavy atom. The monoisotopic (exact) mass is 183 g/mol. The van der Waals surface area contributed by atoms with E-state index in [1.807, 2.05) is 0 Å². The molecule has 0 heterocycles. The van der Waals surface area contributed by atoms with E-state index in [9.17, 15) is 0 Å². The average Bonchev–Trinajstić information content (AvgIpc) is 2.08. The number of hydrogen-bond donors (Lipinski definition) is 1. The van der Waals surface area contributed by atoms with Gasteiger partial charge in [0.05, 0.1) is 0 Å². The van der Waals surface area contributed by atoms with Crippen LogP contribution in [0.4, 0.5) is 0 Å². The van der Waals surface area contributed by atoms with Crippen LogP contribution in [-0.4, -0.2) is 12.1 Å². The number of nitrogens with one attached hydrogen (secondary N) is 1. The molecule has 0 saturated heterocycles. The van der Waals surface area contributed by atoms with Crippen LogP contribution >= 0.6 is 0 Å². The molecule has 78 valence electrons. The Kier molecular flexibility index (Phi) is 4.24. The molecule has 1 saturated carbocycles. The van der Waals surface area contributed by atoms with Gasteiger partial charge >= 0.3 is 0 Å². The molecule has 0 unspecified atom stereocenters. The van der Waals surface area contributed by atoms with Crippen molar-refractivity contribution >= 4 is 0 Å². The molecule has 0 aromatic heterocycles. The van der Waals surface area contributed by atoms with Crippen molar-refractivity contribution in [2.75, 3.05) is 0 Å². The first kappa shape index (κ1) is 11.0. The van der Waals surface area contributed by atoms with Gasteiger partial charge in [-0.3, -0.25) is 0 Å².